The van der Waals surface area contributed by atoms with Gasteiger partial charge in [-0.2, -0.15) is 5.26 Å². The van der Waals surface area contributed by atoms with Crippen molar-refractivity contribution in [2.45, 2.75) is 51.4 Å². The lowest BCUT2D eigenvalue weighted by molar-refractivity contribution is 0.0780. The van der Waals surface area contributed by atoms with Gasteiger partial charge in [0.15, 0.2) is 17.5 Å². The molecule has 2 aliphatic carbocycles. The third kappa shape index (κ3) is 4.80. The van der Waals surface area contributed by atoms with Crippen LogP contribution in [0.15, 0.2) is 91.0 Å². The molecule has 0 radical (unpaired) electrons. The van der Waals surface area contributed by atoms with Crippen LogP contribution in [0.2, 0.25) is 0 Å². The largest absolute Gasteiger partial charge is 0.208 e. The Bertz CT molecular complexity index is 1750. The maximum atomic E-state index is 9.54. The van der Waals surface area contributed by atoms with Crippen LogP contribution < -0.4 is 0 Å². The fraction of sp³-hybridized carbons (Fsp3) is 0.297. The van der Waals surface area contributed by atoms with E-state index in [0.717, 1.165) is 45.2 Å². The Morgan fingerprint density at radius 2 is 1.27 bits per heavy atom. The van der Waals surface area contributed by atoms with Crippen LogP contribution in [0.3, 0.4) is 0 Å². The summed E-state index contributed by atoms with van der Waals surface area (Å²) in [6.07, 6.45) is 6.66. The molecule has 0 amide bonds. The van der Waals surface area contributed by atoms with E-state index >= 15 is 0 Å². The number of fused-ring (bicyclic) bond motifs is 3. The quantitative estimate of drug-likeness (QED) is 0.231. The van der Waals surface area contributed by atoms with Crippen LogP contribution in [0.25, 0.3) is 44.9 Å². The summed E-state index contributed by atoms with van der Waals surface area (Å²) < 4.78 is 0. The zero-order chi connectivity index (χ0) is 28.0. The van der Waals surface area contributed by atoms with Crippen LogP contribution >= 0.6 is 0 Å². The SMILES string of the molecule is C[C@@H]1C[C@@H]2C[C@H](C)CC(c3ccc(-c4nc(-c5ccccc5)nc(-c5ccc6c(C#N)cccc6c5)n4)cc3)(C1)C2. The van der Waals surface area contributed by atoms with E-state index in [4.69, 9.17) is 15.0 Å². The minimum Gasteiger partial charge on any atom is -0.208 e. The molecule has 2 aliphatic rings. The molecule has 4 heteroatoms. The first-order chi connectivity index (χ1) is 20.0. The van der Waals surface area contributed by atoms with Crippen molar-refractivity contribution >= 4 is 10.8 Å². The zero-order valence-electron chi connectivity index (χ0n) is 23.7. The van der Waals surface area contributed by atoms with E-state index in [0.29, 0.717) is 28.5 Å². The molecule has 0 aliphatic heterocycles. The highest BCUT2D eigenvalue weighted by Crippen LogP contribution is 2.54. The Kier molecular flexibility index (Phi) is 6.39. The van der Waals surface area contributed by atoms with E-state index in [1.165, 1.54) is 37.7 Å². The number of aromatic nitrogens is 3. The van der Waals surface area contributed by atoms with E-state index < -0.39 is 0 Å². The highest BCUT2D eigenvalue weighted by atomic mass is 15.0. The molecule has 7 rings (SSSR count). The van der Waals surface area contributed by atoms with Crippen molar-refractivity contribution in [3.05, 3.63) is 102 Å². The molecule has 2 saturated carbocycles. The first-order valence-corrected chi connectivity index (χ1v) is 14.9. The van der Waals surface area contributed by atoms with Gasteiger partial charge in [0, 0.05) is 16.7 Å². The lowest BCUT2D eigenvalue weighted by atomic mass is 9.54. The smallest absolute Gasteiger partial charge is 0.164 e. The van der Waals surface area contributed by atoms with Crippen molar-refractivity contribution in [1.82, 2.24) is 15.0 Å². The van der Waals surface area contributed by atoms with Gasteiger partial charge in [-0.25, -0.2) is 15.0 Å². The summed E-state index contributed by atoms with van der Waals surface area (Å²) in [5.41, 5.74) is 5.31. The molecule has 202 valence electrons. The molecule has 1 unspecified atom stereocenters. The van der Waals surface area contributed by atoms with Gasteiger partial charge in [-0.15, -0.1) is 0 Å². The predicted molar refractivity (Wildman–Crippen MR) is 165 cm³/mol. The Balaban J connectivity index is 1.31. The second kappa shape index (κ2) is 10.2. The summed E-state index contributed by atoms with van der Waals surface area (Å²) in [4.78, 5) is 14.8. The van der Waals surface area contributed by atoms with E-state index in [-0.39, 0.29) is 0 Å². The molecule has 41 heavy (non-hydrogen) atoms. The van der Waals surface area contributed by atoms with Gasteiger partial charge in [-0.3, -0.25) is 0 Å². The summed E-state index contributed by atoms with van der Waals surface area (Å²) in [6.45, 7) is 4.88. The summed E-state index contributed by atoms with van der Waals surface area (Å²) in [5, 5.41) is 11.5. The Morgan fingerprint density at radius 1 is 0.659 bits per heavy atom. The molecule has 4 nitrogen and oxygen atoms in total. The minimum atomic E-state index is 0.297. The second-order valence-electron chi connectivity index (χ2n) is 12.5. The van der Waals surface area contributed by atoms with Gasteiger partial charge in [0.2, 0.25) is 0 Å². The fourth-order valence-electron chi connectivity index (χ4n) is 7.90. The van der Waals surface area contributed by atoms with Crippen LogP contribution in [0.5, 0.6) is 0 Å². The summed E-state index contributed by atoms with van der Waals surface area (Å²) >= 11 is 0. The summed E-state index contributed by atoms with van der Waals surface area (Å²) in [6, 6.07) is 33.4. The Labute approximate surface area is 242 Å². The van der Waals surface area contributed by atoms with Crippen molar-refractivity contribution in [1.29, 1.82) is 5.26 Å². The maximum Gasteiger partial charge on any atom is 0.164 e. The molecule has 5 aromatic rings. The van der Waals surface area contributed by atoms with Gasteiger partial charge in [0.25, 0.3) is 0 Å². The van der Waals surface area contributed by atoms with Crippen LogP contribution in [0, 0.1) is 29.1 Å². The van der Waals surface area contributed by atoms with Crippen molar-refractivity contribution in [2.75, 3.05) is 0 Å². The molecular weight excluding hydrogens is 500 g/mol. The lowest BCUT2D eigenvalue weighted by Crippen LogP contribution is -2.42. The molecule has 2 bridgehead atoms. The molecule has 1 aromatic heterocycles. The number of hydrogen-bond acceptors (Lipinski definition) is 4. The van der Waals surface area contributed by atoms with E-state index in [2.05, 4.69) is 50.2 Å². The number of hydrogen-bond donors (Lipinski definition) is 0. The van der Waals surface area contributed by atoms with Gasteiger partial charge in [0.05, 0.1) is 11.6 Å². The third-order valence-electron chi connectivity index (χ3n) is 9.31. The topological polar surface area (TPSA) is 62.5 Å². The molecule has 0 N–H and O–H groups in total. The van der Waals surface area contributed by atoms with Gasteiger partial charge >= 0.3 is 0 Å². The van der Waals surface area contributed by atoms with Crippen LogP contribution in [0.1, 0.15) is 57.1 Å². The van der Waals surface area contributed by atoms with Crippen LogP contribution in [-0.2, 0) is 5.41 Å². The van der Waals surface area contributed by atoms with Gasteiger partial charge < -0.3 is 0 Å². The monoisotopic (exact) mass is 534 g/mol. The lowest BCUT2D eigenvalue weighted by Gasteiger charge is -2.50. The maximum absolute atomic E-state index is 9.54. The Morgan fingerprint density at radius 3 is 1.93 bits per heavy atom. The molecule has 1 heterocycles. The van der Waals surface area contributed by atoms with E-state index in [1.54, 1.807) is 0 Å². The standard InChI is InChI=1S/C37H34N4/c1-24-17-26-18-25(2)21-37(20-24,22-26)32-14-11-28(12-15-32)35-39-34(27-7-4-3-5-8-27)40-36(41-35)30-13-16-33-29(19-30)9-6-10-31(33)23-38/h3-16,19,24-26H,17-18,20-22H2,1-2H3/t24-,25+,26-,37?. The highest BCUT2D eigenvalue weighted by Gasteiger charge is 2.45. The molecule has 2 fully saturated rings. The molecular formula is C37H34N4. The van der Waals surface area contributed by atoms with Crippen LogP contribution in [-0.4, -0.2) is 15.0 Å². The minimum absolute atomic E-state index is 0.297. The normalized spacial score (nSPS) is 23.7. The number of nitriles is 1. The molecule has 0 saturated heterocycles. The van der Waals surface area contributed by atoms with Crippen molar-refractivity contribution in [3.8, 4) is 40.2 Å². The molecule has 0 spiro atoms. The first kappa shape index (κ1) is 25.6. The van der Waals surface area contributed by atoms with Crippen molar-refractivity contribution < 1.29 is 0 Å². The number of rotatable bonds is 4. The average molecular weight is 535 g/mol. The van der Waals surface area contributed by atoms with E-state index in [1.807, 2.05) is 60.7 Å². The number of nitrogens with zero attached hydrogens (tertiary/aromatic N) is 4. The molecule has 4 atom stereocenters. The Hall–Kier alpha value is -4.36. The van der Waals surface area contributed by atoms with Gasteiger partial charge in [-0.05, 0) is 83.7 Å². The van der Waals surface area contributed by atoms with Gasteiger partial charge in [-0.1, -0.05) is 92.7 Å². The molecule has 4 aromatic carbocycles. The fourth-order valence-corrected chi connectivity index (χ4v) is 7.90. The van der Waals surface area contributed by atoms with Crippen molar-refractivity contribution in [2.24, 2.45) is 17.8 Å². The first-order valence-electron chi connectivity index (χ1n) is 14.9. The zero-order valence-corrected chi connectivity index (χ0v) is 23.7. The van der Waals surface area contributed by atoms with Crippen molar-refractivity contribution in [3.63, 3.8) is 0 Å². The average Bonchev–Trinajstić information content (AvgIpc) is 3.00. The third-order valence-corrected chi connectivity index (χ3v) is 9.31. The second-order valence-corrected chi connectivity index (χ2v) is 12.5. The summed E-state index contributed by atoms with van der Waals surface area (Å²) in [7, 11) is 0. The van der Waals surface area contributed by atoms with Gasteiger partial charge in [0.1, 0.15) is 0 Å². The predicted octanol–water partition coefficient (Wildman–Crippen LogP) is 9.00. The highest BCUT2D eigenvalue weighted by molar-refractivity contribution is 5.91. The number of benzene rings is 4. The van der Waals surface area contributed by atoms with E-state index in [9.17, 15) is 5.26 Å². The summed E-state index contributed by atoms with van der Waals surface area (Å²) in [5.74, 6) is 4.39. The van der Waals surface area contributed by atoms with Crippen LogP contribution in [0.4, 0.5) is 0 Å².